The standard InChI is InChI=1S/C33H38O20/c1-11-20(39)23(42)25(44)31(49-11)52-29-22(41)19-14(35)7-15(12-3-5-13(34)6-4-12)50-28(19)30(27(29)46)53-32-26(45)24(43)21(40)16(51-32)10-48-18(38)9-33(2,47)8-17(36)37/h3-7,11,16,20-21,23-26,31-32,34,39-47H,8-10H2,1-2H3,(H,36,37)/t11-,16+,20-,21+,23+,24-,25+,26+,31-,32-,33-/m0/s1. The van der Waals surface area contributed by atoms with Crippen LogP contribution in [0, 0.1) is 0 Å². The molecule has 2 aliphatic rings. The third-order valence-corrected chi connectivity index (χ3v) is 8.60. The summed E-state index contributed by atoms with van der Waals surface area (Å²) in [5.74, 6) is -6.98. The number of hydrogen-bond donors (Lipinski definition) is 11. The summed E-state index contributed by atoms with van der Waals surface area (Å²) in [4.78, 5) is 36.9. The van der Waals surface area contributed by atoms with Crippen molar-refractivity contribution in [1.82, 2.24) is 0 Å². The highest BCUT2D eigenvalue weighted by molar-refractivity contribution is 5.95. The van der Waals surface area contributed by atoms with Gasteiger partial charge in [-0.05, 0) is 38.1 Å². The molecule has 0 amide bonds. The first-order valence-electron chi connectivity index (χ1n) is 16.0. The molecule has 5 rings (SSSR count). The Bertz CT molecular complexity index is 1870. The molecule has 0 bridgehead atoms. The van der Waals surface area contributed by atoms with Crippen LogP contribution < -0.4 is 14.9 Å². The van der Waals surface area contributed by atoms with Crippen LogP contribution >= 0.6 is 0 Å². The van der Waals surface area contributed by atoms with Gasteiger partial charge in [0.2, 0.25) is 29.8 Å². The monoisotopic (exact) mass is 754 g/mol. The molecular formula is C33H38O20. The fourth-order valence-electron chi connectivity index (χ4n) is 5.72. The first kappa shape index (κ1) is 39.4. The summed E-state index contributed by atoms with van der Waals surface area (Å²) in [5.41, 5.74) is -3.47. The number of carboxylic acid groups (broad SMARTS) is 1. The van der Waals surface area contributed by atoms with Crippen molar-refractivity contribution >= 4 is 22.9 Å². The van der Waals surface area contributed by atoms with Crippen LogP contribution in [0.4, 0.5) is 0 Å². The van der Waals surface area contributed by atoms with Gasteiger partial charge in [0.15, 0.2) is 16.8 Å². The van der Waals surface area contributed by atoms with Crippen molar-refractivity contribution in [2.75, 3.05) is 6.61 Å². The van der Waals surface area contributed by atoms with Crippen molar-refractivity contribution in [3.63, 3.8) is 0 Å². The van der Waals surface area contributed by atoms with E-state index < -0.39 is 138 Å². The number of esters is 1. The van der Waals surface area contributed by atoms with Gasteiger partial charge < -0.3 is 84.3 Å². The zero-order valence-corrected chi connectivity index (χ0v) is 27.9. The number of aliphatic hydroxyl groups excluding tert-OH is 6. The Morgan fingerprint density at radius 1 is 0.792 bits per heavy atom. The van der Waals surface area contributed by atoms with E-state index in [2.05, 4.69) is 0 Å². The average Bonchev–Trinajstić information content (AvgIpc) is 3.08. The van der Waals surface area contributed by atoms with E-state index in [9.17, 15) is 65.4 Å². The van der Waals surface area contributed by atoms with Crippen molar-refractivity contribution in [2.24, 2.45) is 0 Å². The Kier molecular flexibility index (Phi) is 11.4. The number of fused-ring (bicyclic) bond motifs is 1. The van der Waals surface area contributed by atoms with Gasteiger partial charge in [-0.1, -0.05) is 0 Å². The predicted octanol–water partition coefficient (Wildman–Crippen LogP) is -1.87. The fraction of sp³-hybridized carbons (Fsp3) is 0.485. The minimum Gasteiger partial charge on any atom is -0.508 e. The normalized spacial score (nSPS) is 30.0. The maximum atomic E-state index is 13.5. The Hall–Kier alpha value is -4.77. The van der Waals surface area contributed by atoms with E-state index in [0.29, 0.717) is 0 Å². The van der Waals surface area contributed by atoms with Gasteiger partial charge in [-0.15, -0.1) is 0 Å². The summed E-state index contributed by atoms with van der Waals surface area (Å²) in [6.45, 7) is 1.55. The summed E-state index contributed by atoms with van der Waals surface area (Å²) < 4.78 is 33.1. The van der Waals surface area contributed by atoms with Gasteiger partial charge in [0.1, 0.15) is 66.2 Å². The van der Waals surface area contributed by atoms with E-state index in [0.717, 1.165) is 13.0 Å². The molecule has 1 aromatic heterocycles. The topological polar surface area (TPSA) is 333 Å². The lowest BCUT2D eigenvalue weighted by Gasteiger charge is -2.40. The minimum atomic E-state index is -2.13. The minimum absolute atomic E-state index is 0.132. The van der Waals surface area contributed by atoms with E-state index in [4.69, 9.17) is 33.2 Å². The molecule has 0 saturated carbocycles. The molecule has 0 unspecified atom stereocenters. The highest BCUT2D eigenvalue weighted by Gasteiger charge is 2.47. The summed E-state index contributed by atoms with van der Waals surface area (Å²) in [7, 11) is 0. The van der Waals surface area contributed by atoms with Crippen LogP contribution in [0.15, 0.2) is 39.5 Å². The van der Waals surface area contributed by atoms with Crippen LogP contribution in [0.5, 0.6) is 28.7 Å². The third kappa shape index (κ3) is 8.25. The van der Waals surface area contributed by atoms with Gasteiger partial charge in [-0.3, -0.25) is 14.4 Å². The lowest BCUT2D eigenvalue weighted by atomic mass is 9.98. The number of phenols is 3. The molecule has 2 fully saturated rings. The van der Waals surface area contributed by atoms with Gasteiger partial charge in [0.25, 0.3) is 0 Å². The fourth-order valence-corrected chi connectivity index (χ4v) is 5.72. The van der Waals surface area contributed by atoms with Crippen LogP contribution in [-0.4, -0.2) is 142 Å². The maximum Gasteiger partial charge on any atom is 0.308 e. The van der Waals surface area contributed by atoms with E-state index in [1.807, 2.05) is 0 Å². The summed E-state index contributed by atoms with van der Waals surface area (Å²) in [5, 5.41) is 114. The van der Waals surface area contributed by atoms with Gasteiger partial charge in [-0.2, -0.15) is 0 Å². The molecule has 20 heteroatoms. The second kappa shape index (κ2) is 15.3. The summed E-state index contributed by atoms with van der Waals surface area (Å²) in [6, 6.07) is 6.18. The molecule has 3 aromatic rings. The van der Waals surface area contributed by atoms with E-state index in [1.54, 1.807) is 0 Å². The number of ether oxygens (including phenoxy) is 5. The second-order valence-electron chi connectivity index (χ2n) is 12.9. The van der Waals surface area contributed by atoms with Gasteiger partial charge in [0.05, 0.1) is 24.5 Å². The second-order valence-corrected chi connectivity index (χ2v) is 12.9. The first-order valence-corrected chi connectivity index (χ1v) is 16.0. The largest absolute Gasteiger partial charge is 0.508 e. The average molecular weight is 755 g/mol. The predicted molar refractivity (Wildman–Crippen MR) is 172 cm³/mol. The highest BCUT2D eigenvalue weighted by Crippen LogP contribution is 2.51. The quantitative estimate of drug-likeness (QED) is 0.0955. The number of aromatic hydroxyl groups is 3. The lowest BCUT2D eigenvalue weighted by molar-refractivity contribution is -0.279. The molecule has 0 spiro atoms. The number of aliphatic carboxylic acids is 1. The van der Waals surface area contributed by atoms with Crippen molar-refractivity contribution < 1.29 is 93.9 Å². The number of phenolic OH excluding ortho intramolecular Hbond substituents is 3. The Balaban J connectivity index is 1.54. The van der Waals surface area contributed by atoms with Gasteiger partial charge in [0, 0.05) is 11.6 Å². The van der Waals surface area contributed by atoms with E-state index in [-0.39, 0.29) is 17.1 Å². The number of rotatable bonds is 11. The number of carbonyl (C=O) groups is 2. The van der Waals surface area contributed by atoms with Gasteiger partial charge in [-0.25, -0.2) is 0 Å². The van der Waals surface area contributed by atoms with Crippen molar-refractivity contribution in [3.05, 3.63) is 40.6 Å². The molecule has 53 heavy (non-hydrogen) atoms. The number of carboxylic acids is 1. The summed E-state index contributed by atoms with van der Waals surface area (Å²) in [6.07, 6.45) is -19.9. The van der Waals surface area contributed by atoms with Crippen LogP contribution in [0.1, 0.15) is 26.7 Å². The molecule has 11 N–H and O–H groups in total. The highest BCUT2D eigenvalue weighted by atomic mass is 16.7. The molecule has 3 heterocycles. The summed E-state index contributed by atoms with van der Waals surface area (Å²) >= 11 is 0. The zero-order chi connectivity index (χ0) is 39.1. The zero-order valence-electron chi connectivity index (χ0n) is 27.9. The van der Waals surface area contributed by atoms with Crippen LogP contribution in [-0.2, 0) is 23.8 Å². The molecule has 20 nitrogen and oxygen atoms in total. The Morgan fingerprint density at radius 3 is 2.00 bits per heavy atom. The molecule has 2 saturated heterocycles. The van der Waals surface area contributed by atoms with Crippen molar-refractivity contribution in [3.8, 4) is 40.1 Å². The molecule has 0 radical (unpaired) electrons. The van der Waals surface area contributed by atoms with Crippen LogP contribution in [0.3, 0.4) is 0 Å². The smallest absolute Gasteiger partial charge is 0.308 e. The molecule has 0 aliphatic carbocycles. The van der Waals surface area contributed by atoms with E-state index in [1.165, 1.54) is 31.2 Å². The third-order valence-electron chi connectivity index (χ3n) is 8.60. The van der Waals surface area contributed by atoms with Crippen LogP contribution in [0.25, 0.3) is 22.3 Å². The molecule has 2 aliphatic heterocycles. The van der Waals surface area contributed by atoms with Crippen molar-refractivity contribution in [2.45, 2.75) is 93.7 Å². The number of carbonyl (C=O) groups excluding carboxylic acids is 1. The van der Waals surface area contributed by atoms with Crippen molar-refractivity contribution in [1.29, 1.82) is 0 Å². The van der Waals surface area contributed by atoms with E-state index >= 15 is 0 Å². The maximum absolute atomic E-state index is 13.5. The Morgan fingerprint density at radius 2 is 1.38 bits per heavy atom. The SMILES string of the molecule is C[C@@H]1O[C@@H](Oc2c(O)c(O[C@@H]3O[C@H](COC(=O)C[C@@](C)(O)CC(=O)O)[C@@H](O)[C@H](O)[C@H]3O)c3oc(-c4ccc(O)cc4)cc(=O)c3c2O)[C@H](O)[C@H](O)[C@H]1O. The molecule has 11 atom stereocenters. The number of hydrogen-bond acceptors (Lipinski definition) is 19. The van der Waals surface area contributed by atoms with Crippen LogP contribution in [0.2, 0.25) is 0 Å². The molecule has 2 aromatic carbocycles. The first-order chi connectivity index (χ1) is 24.8. The van der Waals surface area contributed by atoms with Gasteiger partial charge >= 0.3 is 11.9 Å². The number of benzene rings is 2. The Labute approximate surface area is 297 Å². The molecular weight excluding hydrogens is 716 g/mol. The lowest BCUT2D eigenvalue weighted by Crippen LogP contribution is -2.60. The number of aliphatic hydroxyl groups is 7. The molecule has 290 valence electrons.